The number of piperidine rings is 1. The van der Waals surface area contributed by atoms with E-state index in [1.54, 1.807) is 4.90 Å². The van der Waals surface area contributed by atoms with E-state index < -0.39 is 0 Å². The predicted octanol–water partition coefficient (Wildman–Crippen LogP) is 5.21. The molecule has 4 heterocycles. The third kappa shape index (κ3) is 6.25. The van der Waals surface area contributed by atoms with Crippen LogP contribution in [0.4, 0.5) is 11.4 Å². The van der Waals surface area contributed by atoms with E-state index in [2.05, 4.69) is 83.7 Å². The van der Waals surface area contributed by atoms with Gasteiger partial charge in [0.1, 0.15) is 18.2 Å². The average molecular weight is 618 g/mol. The Morgan fingerprint density at radius 2 is 1.87 bits per heavy atom. The summed E-state index contributed by atoms with van der Waals surface area (Å²) in [5, 5.41) is 22.7. The van der Waals surface area contributed by atoms with Crippen LogP contribution >= 0.6 is 0 Å². The molecular formula is C37H43N7O2. The molecule has 3 aromatic rings. The van der Waals surface area contributed by atoms with Gasteiger partial charge < -0.3 is 19.4 Å². The van der Waals surface area contributed by atoms with Gasteiger partial charge in [-0.15, -0.1) is 0 Å². The molecule has 2 aromatic carbocycles. The minimum Gasteiger partial charge on any atom is -0.475 e. The summed E-state index contributed by atoms with van der Waals surface area (Å²) < 4.78 is 6.39. The number of piperazine rings is 1. The van der Waals surface area contributed by atoms with Gasteiger partial charge >= 0.3 is 0 Å². The minimum absolute atomic E-state index is 0.172. The number of fused-ring (bicyclic) bond motifs is 2. The van der Waals surface area contributed by atoms with Gasteiger partial charge in [0.2, 0.25) is 11.8 Å². The Balaban J connectivity index is 1.36. The maximum absolute atomic E-state index is 12.6. The first-order valence-electron chi connectivity index (χ1n) is 16.5. The van der Waals surface area contributed by atoms with Crippen molar-refractivity contribution in [3.8, 4) is 18.0 Å². The SMILES string of the molecule is C=CC(=O)N1CCN(c2c(C#N)c(OCCN3CCC(C)CC3)nc3c2CCN(c2cccc4cccc(C)c24)C3)C[C@@H]1CC#N. The van der Waals surface area contributed by atoms with Gasteiger partial charge in [0.15, 0.2) is 0 Å². The zero-order valence-corrected chi connectivity index (χ0v) is 27.0. The fraction of sp³-hybridized carbons (Fsp3) is 0.459. The lowest BCUT2D eigenvalue weighted by atomic mass is 9.95. The molecule has 2 fully saturated rings. The van der Waals surface area contributed by atoms with Crippen LogP contribution in [0.25, 0.3) is 10.8 Å². The largest absolute Gasteiger partial charge is 0.475 e. The summed E-state index contributed by atoms with van der Waals surface area (Å²) in [4.78, 5) is 26.4. The van der Waals surface area contributed by atoms with Gasteiger partial charge in [-0.2, -0.15) is 10.5 Å². The molecule has 0 bridgehead atoms. The number of likely N-dealkylation sites (tertiary alicyclic amines) is 1. The molecule has 238 valence electrons. The molecule has 0 N–H and O–H groups in total. The van der Waals surface area contributed by atoms with Crippen molar-refractivity contribution in [3.63, 3.8) is 0 Å². The predicted molar refractivity (Wildman–Crippen MR) is 181 cm³/mol. The van der Waals surface area contributed by atoms with Gasteiger partial charge in [0.25, 0.3) is 0 Å². The summed E-state index contributed by atoms with van der Waals surface area (Å²) in [5.74, 6) is 0.959. The number of nitriles is 2. The molecule has 3 aliphatic rings. The van der Waals surface area contributed by atoms with Crippen molar-refractivity contribution in [2.75, 3.05) is 62.2 Å². The van der Waals surface area contributed by atoms with Crippen molar-refractivity contribution in [2.24, 2.45) is 5.92 Å². The number of aromatic nitrogens is 1. The molecule has 1 amide bonds. The molecule has 0 unspecified atom stereocenters. The van der Waals surface area contributed by atoms with Crippen molar-refractivity contribution in [2.45, 2.75) is 52.1 Å². The molecular weight excluding hydrogens is 574 g/mol. The van der Waals surface area contributed by atoms with Crippen LogP contribution in [0.3, 0.4) is 0 Å². The Labute approximate surface area is 272 Å². The number of amides is 1. The van der Waals surface area contributed by atoms with E-state index >= 15 is 0 Å². The van der Waals surface area contributed by atoms with Gasteiger partial charge in [0, 0.05) is 49.4 Å². The van der Waals surface area contributed by atoms with E-state index in [1.807, 2.05) is 0 Å². The number of carbonyl (C=O) groups excluding carboxylic acids is 1. The number of nitrogens with zero attached hydrogens (tertiary/aromatic N) is 7. The molecule has 0 radical (unpaired) electrons. The van der Waals surface area contributed by atoms with Crippen LogP contribution in [-0.2, 0) is 17.8 Å². The molecule has 1 aromatic heterocycles. The number of aryl methyl sites for hydroxylation is 1. The van der Waals surface area contributed by atoms with Crippen LogP contribution in [0.1, 0.15) is 48.6 Å². The fourth-order valence-electron chi connectivity index (χ4n) is 7.37. The van der Waals surface area contributed by atoms with Crippen LogP contribution in [-0.4, -0.2) is 79.2 Å². The summed E-state index contributed by atoms with van der Waals surface area (Å²) in [6.07, 6.45) is 4.62. The van der Waals surface area contributed by atoms with E-state index in [9.17, 15) is 15.3 Å². The number of carbonyl (C=O) groups is 1. The number of rotatable bonds is 8. The topological polar surface area (TPSA) is 99.7 Å². The molecule has 9 heteroatoms. The maximum Gasteiger partial charge on any atom is 0.246 e. The van der Waals surface area contributed by atoms with Crippen molar-refractivity contribution < 1.29 is 9.53 Å². The Morgan fingerprint density at radius 3 is 2.61 bits per heavy atom. The Kier molecular flexibility index (Phi) is 9.42. The van der Waals surface area contributed by atoms with Crippen molar-refractivity contribution in [3.05, 3.63) is 71.4 Å². The maximum atomic E-state index is 12.6. The minimum atomic E-state index is -0.302. The molecule has 0 aliphatic carbocycles. The third-order valence-electron chi connectivity index (χ3n) is 9.94. The standard InChI is InChI=1S/C37H43N7O2/c1-4-34(45)44-20-19-43(24-29(44)11-15-38)36-30-14-18-42(33-10-6-9-28-8-5-7-27(3)35(28)33)25-32(30)40-37(31(36)23-39)46-22-21-41-16-12-26(2)13-17-41/h4-10,26,29H,1,11-14,16-22,24-25H2,2-3H3/t29-/m0/s1. The van der Waals surface area contributed by atoms with Gasteiger partial charge in [-0.1, -0.05) is 43.8 Å². The number of anilines is 2. The van der Waals surface area contributed by atoms with Gasteiger partial charge in [-0.25, -0.2) is 4.98 Å². The van der Waals surface area contributed by atoms with Crippen LogP contribution in [0.5, 0.6) is 5.88 Å². The summed E-state index contributed by atoms with van der Waals surface area (Å²) in [5.41, 5.74) is 5.67. The highest BCUT2D eigenvalue weighted by Gasteiger charge is 2.35. The van der Waals surface area contributed by atoms with Crippen LogP contribution in [0.15, 0.2) is 49.1 Å². The molecule has 3 aliphatic heterocycles. The Morgan fingerprint density at radius 1 is 1.09 bits per heavy atom. The van der Waals surface area contributed by atoms with E-state index in [-0.39, 0.29) is 18.4 Å². The number of benzene rings is 2. The molecule has 1 atom stereocenters. The first-order chi connectivity index (χ1) is 22.4. The summed E-state index contributed by atoms with van der Waals surface area (Å²) in [7, 11) is 0. The van der Waals surface area contributed by atoms with Crippen LogP contribution in [0, 0.1) is 35.5 Å². The normalized spacial score (nSPS) is 19.0. The summed E-state index contributed by atoms with van der Waals surface area (Å²) in [6, 6.07) is 17.3. The van der Waals surface area contributed by atoms with Crippen molar-refractivity contribution >= 4 is 28.1 Å². The highest BCUT2D eigenvalue weighted by Crippen LogP contribution is 2.40. The summed E-state index contributed by atoms with van der Waals surface area (Å²) in [6.45, 7) is 14.3. The lowest BCUT2D eigenvalue weighted by molar-refractivity contribution is -0.128. The van der Waals surface area contributed by atoms with Crippen molar-refractivity contribution in [1.82, 2.24) is 14.8 Å². The second-order valence-electron chi connectivity index (χ2n) is 12.9. The molecule has 0 saturated carbocycles. The fourth-order valence-corrected chi connectivity index (χ4v) is 7.37. The summed E-state index contributed by atoms with van der Waals surface area (Å²) >= 11 is 0. The van der Waals surface area contributed by atoms with E-state index in [4.69, 9.17) is 9.72 Å². The van der Waals surface area contributed by atoms with Gasteiger partial charge in [-0.3, -0.25) is 9.69 Å². The van der Waals surface area contributed by atoms with E-state index in [1.165, 1.54) is 40.9 Å². The highest BCUT2D eigenvalue weighted by atomic mass is 16.5. The first kappa shape index (κ1) is 31.4. The van der Waals surface area contributed by atoms with Crippen molar-refractivity contribution in [1.29, 1.82) is 10.5 Å². The average Bonchev–Trinajstić information content (AvgIpc) is 3.08. The molecule has 9 nitrogen and oxygen atoms in total. The number of ether oxygens (including phenoxy) is 1. The van der Waals surface area contributed by atoms with Gasteiger partial charge in [-0.05, 0) is 68.3 Å². The lowest BCUT2D eigenvalue weighted by Gasteiger charge is -2.43. The second-order valence-corrected chi connectivity index (χ2v) is 12.9. The Bertz CT molecular complexity index is 1690. The monoisotopic (exact) mass is 617 g/mol. The number of hydrogen-bond acceptors (Lipinski definition) is 8. The quantitative estimate of drug-likeness (QED) is 0.318. The second kappa shape index (κ2) is 13.8. The lowest BCUT2D eigenvalue weighted by Crippen LogP contribution is -2.55. The first-order valence-corrected chi connectivity index (χ1v) is 16.5. The zero-order valence-electron chi connectivity index (χ0n) is 27.0. The molecule has 0 spiro atoms. The van der Waals surface area contributed by atoms with Gasteiger partial charge in [0.05, 0.1) is 36.5 Å². The zero-order chi connectivity index (χ0) is 32.2. The molecule has 46 heavy (non-hydrogen) atoms. The molecule has 2 saturated heterocycles. The highest BCUT2D eigenvalue weighted by molar-refractivity contribution is 5.97. The number of hydrogen-bond donors (Lipinski definition) is 0. The van der Waals surface area contributed by atoms with E-state index in [0.29, 0.717) is 44.2 Å². The van der Waals surface area contributed by atoms with E-state index in [0.717, 1.165) is 55.5 Å². The van der Waals surface area contributed by atoms with Crippen LogP contribution in [0.2, 0.25) is 0 Å². The third-order valence-corrected chi connectivity index (χ3v) is 9.94. The van der Waals surface area contributed by atoms with Crippen LogP contribution < -0.4 is 14.5 Å². The molecule has 6 rings (SSSR count). The Hall–Kier alpha value is -4.60. The smallest absolute Gasteiger partial charge is 0.246 e. The number of pyridine rings is 1.